The van der Waals surface area contributed by atoms with Gasteiger partial charge in [-0.15, -0.1) is 10.2 Å². The normalized spacial score (nSPS) is 10.1. The van der Waals surface area contributed by atoms with Gasteiger partial charge in [-0.25, -0.2) is 0 Å². The quantitative estimate of drug-likeness (QED) is 0.118. The number of benzene rings is 3. The third-order valence-corrected chi connectivity index (χ3v) is 6.64. The molecule has 5 rings (SSSR count). The van der Waals surface area contributed by atoms with E-state index in [1.165, 1.54) is 36.5 Å². The lowest BCUT2D eigenvalue weighted by atomic mass is 10.1. The number of rotatable bonds is 10. The van der Waals surface area contributed by atoms with Crippen LogP contribution in [0.1, 0.15) is 70.0 Å². The van der Waals surface area contributed by atoms with Gasteiger partial charge < -0.3 is 25.6 Å². The maximum Gasteiger partial charge on any atom is 0.247 e. The first kappa shape index (κ1) is 34.5. The number of nitrogens with one attached hydrogen (secondary N) is 1. The number of methoxy groups -OCH3 is 1. The van der Waals surface area contributed by atoms with E-state index in [-0.39, 0.29) is 18.7 Å². The zero-order chi connectivity index (χ0) is 31.6. The second-order valence-corrected chi connectivity index (χ2v) is 9.65. The van der Waals surface area contributed by atoms with Crippen LogP contribution in [0.25, 0.3) is 33.1 Å². The average Bonchev–Trinajstić information content (AvgIpc) is 3.62. The lowest BCUT2D eigenvalue weighted by Crippen LogP contribution is -2.13. The molecule has 0 atom stereocenters. The molecule has 0 saturated heterocycles. The van der Waals surface area contributed by atoms with Crippen molar-refractivity contribution in [2.24, 2.45) is 11.5 Å². The molecule has 0 saturated carbocycles. The number of ether oxygens (including phenoxy) is 1. The van der Waals surface area contributed by atoms with Gasteiger partial charge in [-0.3, -0.25) is 9.59 Å². The van der Waals surface area contributed by atoms with Crippen molar-refractivity contribution >= 4 is 34.0 Å². The molecule has 0 spiro atoms. The van der Waals surface area contributed by atoms with Crippen LogP contribution in [0.15, 0.2) is 65.1 Å². The van der Waals surface area contributed by atoms with Crippen LogP contribution >= 0.6 is 0 Å². The van der Waals surface area contributed by atoms with Gasteiger partial charge in [0.05, 0.1) is 13.5 Å². The average molecular weight is 588 g/mol. The van der Waals surface area contributed by atoms with Crippen molar-refractivity contribution < 1.29 is 18.7 Å². The summed E-state index contributed by atoms with van der Waals surface area (Å²) in [6.45, 7) is 8.17. The zero-order valence-electron chi connectivity index (χ0n) is 26.0. The third-order valence-electron chi connectivity index (χ3n) is 6.64. The summed E-state index contributed by atoms with van der Waals surface area (Å²) in [6, 6.07) is 20.3. The van der Waals surface area contributed by atoms with E-state index in [0.29, 0.717) is 5.89 Å². The fraction of sp³-hybridized carbons (Fsp3) is 0.353. The third kappa shape index (κ3) is 10.6. The molecule has 43 heavy (non-hydrogen) atoms. The summed E-state index contributed by atoms with van der Waals surface area (Å²) in [7, 11) is 1.62. The number of carbonyl (C=O) groups excluding carboxylic acids is 2. The van der Waals surface area contributed by atoms with Gasteiger partial charge in [-0.1, -0.05) is 76.8 Å². The number of carbonyl (C=O) groups is 2. The van der Waals surface area contributed by atoms with E-state index in [9.17, 15) is 4.79 Å². The topological polar surface area (TPSA) is 150 Å². The van der Waals surface area contributed by atoms with Crippen molar-refractivity contribution in [3.05, 3.63) is 77.8 Å². The summed E-state index contributed by atoms with van der Waals surface area (Å²) in [5.41, 5.74) is 13.3. The van der Waals surface area contributed by atoms with Crippen LogP contribution in [0.2, 0.25) is 0 Å². The highest BCUT2D eigenvalue weighted by Crippen LogP contribution is 2.27. The number of nitrogens with zero attached hydrogens (tertiary/aromatic N) is 2. The van der Waals surface area contributed by atoms with Gasteiger partial charge >= 0.3 is 0 Å². The van der Waals surface area contributed by atoms with E-state index in [1.54, 1.807) is 7.11 Å². The monoisotopic (exact) mass is 587 g/mol. The summed E-state index contributed by atoms with van der Waals surface area (Å²) in [5, 5.41) is 11.8. The van der Waals surface area contributed by atoms with Crippen LogP contribution in [0.5, 0.6) is 5.75 Å². The molecule has 2 amide bonds. The van der Waals surface area contributed by atoms with Gasteiger partial charge in [-0.2, -0.15) is 0 Å². The Morgan fingerprint density at radius 2 is 1.67 bits per heavy atom. The van der Waals surface area contributed by atoms with E-state index < -0.39 is 0 Å². The van der Waals surface area contributed by atoms with Gasteiger partial charge in [0, 0.05) is 28.6 Å². The number of hydrogen-bond acceptors (Lipinski definition) is 6. The first-order valence-corrected chi connectivity index (χ1v) is 14.8. The Morgan fingerprint density at radius 1 is 0.977 bits per heavy atom. The summed E-state index contributed by atoms with van der Waals surface area (Å²) in [6.07, 6.45) is 7.62. The van der Waals surface area contributed by atoms with Crippen LogP contribution in [0.4, 0.5) is 0 Å². The Balaban J connectivity index is 0.000000271. The highest BCUT2D eigenvalue weighted by molar-refractivity contribution is 5.90. The van der Waals surface area contributed by atoms with E-state index in [4.69, 9.17) is 19.7 Å². The van der Waals surface area contributed by atoms with Crippen molar-refractivity contribution in [3.63, 3.8) is 0 Å². The van der Waals surface area contributed by atoms with Crippen LogP contribution in [0.3, 0.4) is 0 Å². The standard InChI is InChI=1S/C19H22N2O.C12H14N2O2.C2H6.CH3NO/c1-2-3-4-5-6-11-18-20-21-19(22-18)17-13-12-15-9-7-8-10-16(15)14-17;1-7-9(6-12(13)15)10-5-8(16-2)3-4-11(10)14-7;1-2;2-1-3/h7-10,12-14H,2-6,11H2,1H3;3-5,14H,6H2,1-2H3,(H2,13,15);1-2H3;1H,(H2,2,3). The van der Waals surface area contributed by atoms with E-state index in [1.807, 2.05) is 57.2 Å². The number of aromatic nitrogens is 3. The molecule has 0 fully saturated rings. The summed E-state index contributed by atoms with van der Waals surface area (Å²) >= 11 is 0. The number of nitrogens with two attached hydrogens (primary N) is 2. The molecule has 0 aliphatic rings. The van der Waals surface area contributed by atoms with Crippen LogP contribution in [-0.4, -0.2) is 34.6 Å². The number of primary amides is 2. The molecule has 3 aromatic carbocycles. The molecule has 9 heteroatoms. The van der Waals surface area contributed by atoms with Crippen molar-refractivity contribution in [2.75, 3.05) is 7.11 Å². The lowest BCUT2D eigenvalue weighted by molar-refractivity contribution is -0.117. The number of unbranched alkanes of at least 4 members (excludes halogenated alkanes) is 4. The molecule has 5 aromatic rings. The number of H-pyrrole nitrogens is 1. The molecule has 0 aliphatic carbocycles. The molecule has 2 aromatic heterocycles. The van der Waals surface area contributed by atoms with Crippen LogP contribution < -0.4 is 16.2 Å². The molecule has 0 radical (unpaired) electrons. The van der Waals surface area contributed by atoms with Crippen LogP contribution in [0, 0.1) is 6.92 Å². The predicted octanol–water partition coefficient (Wildman–Crippen LogP) is 7.04. The molecule has 230 valence electrons. The number of aryl methyl sites for hydroxylation is 2. The van der Waals surface area contributed by atoms with Gasteiger partial charge in [0.2, 0.25) is 24.1 Å². The molecular formula is C34H45N5O4. The Kier molecular flexibility index (Phi) is 15.0. The van der Waals surface area contributed by atoms with Gasteiger partial charge in [0.1, 0.15) is 5.75 Å². The maximum atomic E-state index is 11.0. The van der Waals surface area contributed by atoms with Crippen molar-refractivity contribution in [1.29, 1.82) is 0 Å². The lowest BCUT2D eigenvalue weighted by Gasteiger charge is -2.01. The van der Waals surface area contributed by atoms with Crippen molar-refractivity contribution in [2.45, 2.75) is 72.6 Å². The minimum atomic E-state index is -0.327. The number of amides is 2. The number of fused-ring (bicyclic) bond motifs is 2. The molecule has 0 bridgehead atoms. The summed E-state index contributed by atoms with van der Waals surface area (Å²) < 4.78 is 11.0. The minimum Gasteiger partial charge on any atom is -0.497 e. The first-order valence-electron chi connectivity index (χ1n) is 14.8. The predicted molar refractivity (Wildman–Crippen MR) is 174 cm³/mol. The highest BCUT2D eigenvalue weighted by atomic mass is 16.5. The second-order valence-electron chi connectivity index (χ2n) is 9.65. The highest BCUT2D eigenvalue weighted by Gasteiger charge is 2.11. The summed E-state index contributed by atoms with van der Waals surface area (Å²) in [4.78, 5) is 22.8. The van der Waals surface area contributed by atoms with E-state index in [2.05, 4.69) is 52.1 Å². The van der Waals surface area contributed by atoms with Gasteiger partial charge in [-0.05, 0) is 60.0 Å². The smallest absolute Gasteiger partial charge is 0.247 e. The number of aromatic amines is 1. The largest absolute Gasteiger partial charge is 0.497 e. The molecule has 9 nitrogen and oxygen atoms in total. The SMILES string of the molecule is CC.CCCCCCCc1nnc(-c2ccc3ccccc3c2)o1.COc1ccc2[nH]c(C)c(CC(N)=O)c2c1.NC=O. The van der Waals surface area contributed by atoms with Gasteiger partial charge in [0.25, 0.3) is 0 Å². The van der Waals surface area contributed by atoms with Gasteiger partial charge in [0.15, 0.2) is 0 Å². The maximum absolute atomic E-state index is 11.0. The fourth-order valence-electron chi connectivity index (χ4n) is 4.56. The van der Waals surface area contributed by atoms with Crippen LogP contribution in [-0.2, 0) is 22.4 Å². The van der Waals surface area contributed by atoms with E-state index in [0.717, 1.165) is 52.2 Å². The summed E-state index contributed by atoms with van der Waals surface area (Å²) in [5.74, 6) is 1.82. The molecular weight excluding hydrogens is 542 g/mol. The first-order chi connectivity index (χ1) is 20.9. The Hall–Kier alpha value is -4.66. The Labute approximate surface area is 254 Å². The molecule has 0 aliphatic heterocycles. The minimum absolute atomic E-state index is 0.249. The molecule has 0 unspecified atom stereocenters. The van der Waals surface area contributed by atoms with Crippen molar-refractivity contribution in [1.82, 2.24) is 15.2 Å². The Bertz CT molecular complexity index is 1560. The zero-order valence-corrected chi connectivity index (χ0v) is 26.0. The Morgan fingerprint density at radius 3 is 2.35 bits per heavy atom. The fourth-order valence-corrected chi connectivity index (χ4v) is 4.56. The second kappa shape index (κ2) is 18.7. The van der Waals surface area contributed by atoms with Crippen molar-refractivity contribution in [3.8, 4) is 17.2 Å². The van der Waals surface area contributed by atoms with E-state index >= 15 is 0 Å². The molecule has 2 heterocycles. The number of hydrogen-bond donors (Lipinski definition) is 3. The molecule has 5 N–H and O–H groups in total.